The van der Waals surface area contributed by atoms with E-state index in [9.17, 15) is 8.42 Å². The van der Waals surface area contributed by atoms with E-state index >= 15 is 0 Å². The summed E-state index contributed by atoms with van der Waals surface area (Å²) in [5.74, 6) is 0.735. The Balaban J connectivity index is 1.97. The third-order valence-electron chi connectivity index (χ3n) is 3.51. The molecule has 0 fully saturated rings. The summed E-state index contributed by atoms with van der Waals surface area (Å²) < 4.78 is 33.4. The van der Waals surface area contributed by atoms with Gasteiger partial charge in [-0.15, -0.1) is 0 Å². The molecule has 0 amide bonds. The quantitative estimate of drug-likeness (QED) is 0.767. The van der Waals surface area contributed by atoms with Gasteiger partial charge in [0.2, 0.25) is 0 Å². The summed E-state index contributed by atoms with van der Waals surface area (Å²) in [6.07, 6.45) is 0. The fourth-order valence-corrected chi connectivity index (χ4v) is 3.60. The van der Waals surface area contributed by atoms with Crippen molar-refractivity contribution in [3.8, 4) is 11.5 Å². The maximum absolute atomic E-state index is 12.6. The van der Waals surface area contributed by atoms with Crippen molar-refractivity contribution in [3.05, 3.63) is 53.4 Å². The Hall–Kier alpha value is -2.54. The zero-order chi connectivity index (χ0) is 16.6. The number of aromatic amines is 1. The average Bonchev–Trinajstić information content (AvgIpc) is 3.07. The summed E-state index contributed by atoms with van der Waals surface area (Å²) >= 11 is 0. The highest BCUT2D eigenvalue weighted by Crippen LogP contribution is 2.29. The van der Waals surface area contributed by atoms with Crippen LogP contribution in [0.3, 0.4) is 0 Å². The van der Waals surface area contributed by atoms with E-state index in [0.717, 1.165) is 11.3 Å². The molecule has 0 radical (unpaired) electrons. The van der Waals surface area contributed by atoms with Crippen LogP contribution in [0.4, 0.5) is 5.69 Å². The first-order valence-corrected chi connectivity index (χ1v) is 8.56. The molecule has 0 atom stereocenters. The fraction of sp³-hybridized carbons (Fsp3) is 0.188. The molecule has 3 aromatic rings. The molecule has 23 heavy (non-hydrogen) atoms. The standard InChI is InChI=1S/C16H17N3O3S/c1-10-6-4-5-7-13(10)19-23(20,21)16-9-15(22-12(16)3)14-8-11(2)17-18-14/h4-9,19H,1-3H3,(H,17,18). The van der Waals surface area contributed by atoms with E-state index in [0.29, 0.717) is 22.9 Å². The molecular weight excluding hydrogens is 314 g/mol. The van der Waals surface area contributed by atoms with Gasteiger partial charge in [-0.05, 0) is 38.5 Å². The highest BCUT2D eigenvalue weighted by molar-refractivity contribution is 7.92. The largest absolute Gasteiger partial charge is 0.458 e. The van der Waals surface area contributed by atoms with Crippen LogP contribution in [-0.4, -0.2) is 18.6 Å². The molecule has 0 saturated carbocycles. The third kappa shape index (κ3) is 3.00. The second kappa shape index (κ2) is 5.58. The molecule has 6 nitrogen and oxygen atoms in total. The van der Waals surface area contributed by atoms with Gasteiger partial charge in [-0.2, -0.15) is 5.10 Å². The van der Waals surface area contributed by atoms with Gasteiger partial charge in [-0.25, -0.2) is 8.42 Å². The number of nitrogens with zero attached hydrogens (tertiary/aromatic N) is 1. The van der Waals surface area contributed by atoms with E-state index in [1.807, 2.05) is 26.0 Å². The molecule has 2 N–H and O–H groups in total. The van der Waals surface area contributed by atoms with Crippen LogP contribution < -0.4 is 4.72 Å². The van der Waals surface area contributed by atoms with E-state index in [1.165, 1.54) is 6.07 Å². The van der Waals surface area contributed by atoms with Gasteiger partial charge in [0.05, 0.1) is 5.69 Å². The van der Waals surface area contributed by atoms with Crippen LogP contribution in [-0.2, 0) is 10.0 Å². The van der Waals surface area contributed by atoms with Gasteiger partial charge >= 0.3 is 0 Å². The highest BCUT2D eigenvalue weighted by Gasteiger charge is 2.23. The Morgan fingerprint density at radius 3 is 2.52 bits per heavy atom. The molecule has 0 spiro atoms. The van der Waals surface area contributed by atoms with Crippen molar-refractivity contribution >= 4 is 15.7 Å². The van der Waals surface area contributed by atoms with Crippen molar-refractivity contribution in [2.24, 2.45) is 0 Å². The van der Waals surface area contributed by atoms with Gasteiger partial charge in [0.15, 0.2) is 5.76 Å². The minimum Gasteiger partial charge on any atom is -0.458 e. The number of benzene rings is 1. The fourth-order valence-electron chi connectivity index (χ4n) is 2.29. The number of hydrogen-bond donors (Lipinski definition) is 2. The van der Waals surface area contributed by atoms with Crippen molar-refractivity contribution in [2.75, 3.05) is 4.72 Å². The van der Waals surface area contributed by atoms with Crippen molar-refractivity contribution < 1.29 is 12.8 Å². The van der Waals surface area contributed by atoms with Crippen LogP contribution in [0.1, 0.15) is 17.0 Å². The summed E-state index contributed by atoms with van der Waals surface area (Å²) in [6, 6.07) is 10.5. The van der Waals surface area contributed by atoms with Crippen molar-refractivity contribution in [1.29, 1.82) is 0 Å². The zero-order valence-corrected chi connectivity index (χ0v) is 13.9. The summed E-state index contributed by atoms with van der Waals surface area (Å²) in [4.78, 5) is 0.108. The Bertz CT molecular complexity index is 955. The molecule has 0 aliphatic heterocycles. The van der Waals surface area contributed by atoms with Crippen LogP contribution in [0.15, 0.2) is 45.7 Å². The van der Waals surface area contributed by atoms with Gasteiger partial charge in [-0.1, -0.05) is 18.2 Å². The molecule has 3 rings (SSSR count). The Morgan fingerprint density at radius 2 is 1.87 bits per heavy atom. The molecule has 120 valence electrons. The normalized spacial score (nSPS) is 11.6. The molecule has 7 heteroatoms. The van der Waals surface area contributed by atoms with Crippen LogP contribution in [0.5, 0.6) is 0 Å². The second-order valence-corrected chi connectivity index (χ2v) is 7.04. The van der Waals surface area contributed by atoms with E-state index in [2.05, 4.69) is 14.9 Å². The van der Waals surface area contributed by atoms with Crippen LogP contribution in [0.2, 0.25) is 0 Å². The monoisotopic (exact) mass is 331 g/mol. The second-order valence-electron chi connectivity index (χ2n) is 5.39. The SMILES string of the molecule is Cc1cc(-c2cc(S(=O)(=O)Nc3ccccc3C)c(C)o2)n[nH]1. The first-order valence-electron chi connectivity index (χ1n) is 7.08. The first kappa shape index (κ1) is 15.4. The lowest BCUT2D eigenvalue weighted by molar-refractivity contribution is 0.533. The number of aromatic nitrogens is 2. The number of nitrogens with one attached hydrogen (secondary N) is 2. The summed E-state index contributed by atoms with van der Waals surface area (Å²) in [7, 11) is -3.73. The maximum atomic E-state index is 12.6. The predicted molar refractivity (Wildman–Crippen MR) is 87.8 cm³/mol. The molecular formula is C16H17N3O3S. The molecule has 1 aromatic carbocycles. The van der Waals surface area contributed by atoms with Gasteiger partial charge in [0, 0.05) is 11.8 Å². The molecule has 0 unspecified atom stereocenters. The summed E-state index contributed by atoms with van der Waals surface area (Å²) in [6.45, 7) is 5.33. The molecule has 2 aromatic heterocycles. The van der Waals surface area contributed by atoms with E-state index < -0.39 is 10.0 Å². The van der Waals surface area contributed by atoms with Crippen LogP contribution in [0, 0.1) is 20.8 Å². The number of H-pyrrole nitrogens is 1. The van der Waals surface area contributed by atoms with Crippen LogP contribution in [0.25, 0.3) is 11.5 Å². The van der Waals surface area contributed by atoms with Gasteiger partial charge < -0.3 is 4.42 Å². The van der Waals surface area contributed by atoms with Crippen molar-refractivity contribution in [1.82, 2.24) is 10.2 Å². The molecule has 0 bridgehead atoms. The zero-order valence-electron chi connectivity index (χ0n) is 13.0. The first-order chi connectivity index (χ1) is 10.9. The van der Waals surface area contributed by atoms with E-state index in [1.54, 1.807) is 25.1 Å². The number of rotatable bonds is 4. The molecule has 0 aliphatic carbocycles. The minimum atomic E-state index is -3.73. The minimum absolute atomic E-state index is 0.108. The van der Waals surface area contributed by atoms with Crippen LogP contribution >= 0.6 is 0 Å². The number of sulfonamides is 1. The Labute approximate surface area is 134 Å². The smallest absolute Gasteiger partial charge is 0.265 e. The summed E-state index contributed by atoms with van der Waals surface area (Å²) in [5.41, 5.74) is 2.84. The lowest BCUT2D eigenvalue weighted by atomic mass is 10.2. The van der Waals surface area contributed by atoms with Gasteiger partial charge in [0.1, 0.15) is 16.3 Å². The number of aryl methyl sites for hydroxylation is 3. The number of hydrogen-bond acceptors (Lipinski definition) is 4. The number of para-hydroxylation sites is 1. The molecule has 2 heterocycles. The van der Waals surface area contributed by atoms with E-state index in [4.69, 9.17) is 4.42 Å². The predicted octanol–water partition coefficient (Wildman–Crippen LogP) is 3.40. The van der Waals surface area contributed by atoms with Gasteiger partial charge in [0.25, 0.3) is 10.0 Å². The number of anilines is 1. The summed E-state index contributed by atoms with van der Waals surface area (Å²) in [5, 5.41) is 6.89. The molecule has 0 aliphatic rings. The van der Waals surface area contributed by atoms with Crippen molar-refractivity contribution in [2.45, 2.75) is 25.7 Å². The molecule has 0 saturated heterocycles. The Kier molecular flexibility index (Phi) is 3.73. The Morgan fingerprint density at radius 1 is 1.13 bits per heavy atom. The van der Waals surface area contributed by atoms with Gasteiger partial charge in [-0.3, -0.25) is 9.82 Å². The third-order valence-corrected chi connectivity index (χ3v) is 4.98. The van der Waals surface area contributed by atoms with E-state index in [-0.39, 0.29) is 4.90 Å². The van der Waals surface area contributed by atoms with Crippen molar-refractivity contribution in [3.63, 3.8) is 0 Å². The highest BCUT2D eigenvalue weighted by atomic mass is 32.2. The topological polar surface area (TPSA) is 88.0 Å². The number of furan rings is 1. The lowest BCUT2D eigenvalue weighted by Gasteiger charge is -2.09. The maximum Gasteiger partial charge on any atom is 0.265 e. The average molecular weight is 331 g/mol. The lowest BCUT2D eigenvalue weighted by Crippen LogP contribution is -2.13.